The summed E-state index contributed by atoms with van der Waals surface area (Å²) in [6.07, 6.45) is 4.45. The first kappa shape index (κ1) is 10.7. The molecule has 0 spiro atoms. The molecule has 0 saturated heterocycles. The zero-order chi connectivity index (χ0) is 12.6. The van der Waals surface area contributed by atoms with E-state index in [0.29, 0.717) is 23.9 Å². The highest BCUT2D eigenvalue weighted by molar-refractivity contribution is 5.19. The van der Waals surface area contributed by atoms with Gasteiger partial charge in [0.05, 0.1) is 6.20 Å². The monoisotopic (exact) mass is 248 g/mol. The SMILES string of the molecule is CC1(c2ccc(Cn3ncc(N)n3)o2)OC=CO1. The molecule has 2 aromatic rings. The van der Waals surface area contributed by atoms with Gasteiger partial charge in [0.1, 0.15) is 24.8 Å². The zero-order valence-electron chi connectivity index (χ0n) is 9.74. The molecule has 18 heavy (non-hydrogen) atoms. The van der Waals surface area contributed by atoms with Crippen LogP contribution < -0.4 is 5.73 Å². The van der Waals surface area contributed by atoms with Gasteiger partial charge in [-0.25, -0.2) is 0 Å². The average Bonchev–Trinajstić information content (AvgIpc) is 3.02. The van der Waals surface area contributed by atoms with Crippen molar-refractivity contribution in [3.05, 3.63) is 42.4 Å². The van der Waals surface area contributed by atoms with Crippen LogP contribution in [0.1, 0.15) is 18.4 Å². The summed E-state index contributed by atoms with van der Waals surface area (Å²) in [4.78, 5) is 1.45. The summed E-state index contributed by atoms with van der Waals surface area (Å²) in [5, 5.41) is 7.96. The Hall–Kier alpha value is -2.44. The largest absolute Gasteiger partial charge is 0.456 e. The second-order valence-corrected chi connectivity index (χ2v) is 4.02. The van der Waals surface area contributed by atoms with Crippen LogP contribution in [-0.2, 0) is 21.8 Å². The highest BCUT2D eigenvalue weighted by Crippen LogP contribution is 2.32. The Morgan fingerprint density at radius 3 is 2.78 bits per heavy atom. The topological polar surface area (TPSA) is 88.3 Å². The summed E-state index contributed by atoms with van der Waals surface area (Å²) >= 11 is 0. The minimum Gasteiger partial charge on any atom is -0.456 e. The second kappa shape index (κ2) is 3.80. The molecular formula is C11H12N4O3. The van der Waals surface area contributed by atoms with E-state index in [1.807, 2.05) is 6.07 Å². The molecule has 3 rings (SSSR count). The highest BCUT2D eigenvalue weighted by atomic mass is 16.7. The fourth-order valence-corrected chi connectivity index (χ4v) is 1.69. The van der Waals surface area contributed by atoms with E-state index >= 15 is 0 Å². The molecule has 0 saturated carbocycles. The molecule has 0 amide bonds. The molecule has 0 aromatic carbocycles. The molecule has 2 aromatic heterocycles. The molecule has 1 aliphatic heterocycles. The minimum atomic E-state index is -0.894. The van der Waals surface area contributed by atoms with Gasteiger partial charge in [-0.1, -0.05) is 0 Å². The van der Waals surface area contributed by atoms with Gasteiger partial charge >= 0.3 is 5.79 Å². The molecule has 0 radical (unpaired) electrons. The van der Waals surface area contributed by atoms with Gasteiger partial charge in [-0.3, -0.25) is 0 Å². The van der Waals surface area contributed by atoms with Crippen LogP contribution in [0.5, 0.6) is 0 Å². The third-order valence-electron chi connectivity index (χ3n) is 2.60. The third-order valence-corrected chi connectivity index (χ3v) is 2.60. The van der Waals surface area contributed by atoms with E-state index in [4.69, 9.17) is 19.6 Å². The normalized spacial score (nSPS) is 16.5. The third kappa shape index (κ3) is 1.79. The lowest BCUT2D eigenvalue weighted by Gasteiger charge is -2.19. The van der Waals surface area contributed by atoms with Crippen molar-refractivity contribution >= 4 is 5.82 Å². The molecule has 0 unspecified atom stereocenters. The van der Waals surface area contributed by atoms with Crippen LogP contribution in [0.4, 0.5) is 5.82 Å². The van der Waals surface area contributed by atoms with E-state index in [9.17, 15) is 0 Å². The van der Waals surface area contributed by atoms with Crippen molar-refractivity contribution in [1.82, 2.24) is 15.0 Å². The Balaban J connectivity index is 1.77. The maximum atomic E-state index is 5.65. The molecule has 7 heteroatoms. The van der Waals surface area contributed by atoms with Crippen LogP contribution in [0.15, 0.2) is 35.3 Å². The first-order valence-electron chi connectivity index (χ1n) is 5.41. The molecular weight excluding hydrogens is 236 g/mol. The fraction of sp³-hybridized carbons (Fsp3) is 0.273. The number of furan rings is 1. The zero-order valence-corrected chi connectivity index (χ0v) is 9.74. The van der Waals surface area contributed by atoms with Gasteiger partial charge in [-0.15, -0.1) is 5.10 Å². The van der Waals surface area contributed by atoms with Crippen molar-refractivity contribution in [2.24, 2.45) is 0 Å². The Morgan fingerprint density at radius 1 is 1.33 bits per heavy atom. The van der Waals surface area contributed by atoms with Gasteiger partial charge in [0.15, 0.2) is 11.6 Å². The number of rotatable bonds is 3. The van der Waals surface area contributed by atoms with E-state index in [-0.39, 0.29) is 0 Å². The maximum absolute atomic E-state index is 5.65. The van der Waals surface area contributed by atoms with Crippen molar-refractivity contribution in [2.45, 2.75) is 19.3 Å². The number of nitrogens with two attached hydrogens (primary N) is 1. The van der Waals surface area contributed by atoms with Crippen LogP contribution in [0.3, 0.4) is 0 Å². The predicted octanol–water partition coefficient (Wildman–Crippen LogP) is 1.19. The summed E-state index contributed by atoms with van der Waals surface area (Å²) in [5.74, 6) is 0.762. The maximum Gasteiger partial charge on any atom is 0.306 e. The van der Waals surface area contributed by atoms with Crippen molar-refractivity contribution in [3.8, 4) is 0 Å². The highest BCUT2D eigenvalue weighted by Gasteiger charge is 2.35. The molecule has 0 fully saturated rings. The lowest BCUT2D eigenvalue weighted by atomic mass is 10.2. The van der Waals surface area contributed by atoms with Gasteiger partial charge in [0.2, 0.25) is 0 Å². The Kier molecular flexibility index (Phi) is 2.26. The Morgan fingerprint density at radius 2 is 2.11 bits per heavy atom. The lowest BCUT2D eigenvalue weighted by Crippen LogP contribution is -2.21. The standard InChI is InChI=1S/C11H12N4O3/c1-11(16-4-5-17-11)9-3-2-8(18-9)7-15-13-6-10(12)14-15/h2-6H,7H2,1H3,(H2,12,14). The number of aromatic nitrogens is 3. The number of ether oxygens (including phenoxy) is 2. The summed E-state index contributed by atoms with van der Waals surface area (Å²) in [5.41, 5.74) is 5.48. The fourth-order valence-electron chi connectivity index (χ4n) is 1.69. The molecule has 7 nitrogen and oxygen atoms in total. The van der Waals surface area contributed by atoms with Gasteiger partial charge in [0.25, 0.3) is 0 Å². The number of hydrogen-bond donors (Lipinski definition) is 1. The van der Waals surface area contributed by atoms with Gasteiger partial charge in [-0.2, -0.15) is 9.90 Å². The number of anilines is 1. The van der Waals surface area contributed by atoms with Crippen LogP contribution >= 0.6 is 0 Å². The van der Waals surface area contributed by atoms with Crippen molar-refractivity contribution < 1.29 is 13.9 Å². The minimum absolute atomic E-state index is 0.375. The summed E-state index contributed by atoms with van der Waals surface area (Å²) < 4.78 is 16.3. The van der Waals surface area contributed by atoms with E-state index in [0.717, 1.165) is 0 Å². The molecule has 0 atom stereocenters. The number of nitrogens with zero attached hydrogens (tertiary/aromatic N) is 3. The van der Waals surface area contributed by atoms with Gasteiger partial charge < -0.3 is 19.6 Å². The number of hydrogen-bond acceptors (Lipinski definition) is 6. The quantitative estimate of drug-likeness (QED) is 0.877. The average molecular weight is 248 g/mol. The van der Waals surface area contributed by atoms with Crippen LogP contribution in [-0.4, -0.2) is 15.0 Å². The van der Waals surface area contributed by atoms with Crippen molar-refractivity contribution in [3.63, 3.8) is 0 Å². The number of nitrogen functional groups attached to an aromatic ring is 1. The van der Waals surface area contributed by atoms with Crippen molar-refractivity contribution in [1.29, 1.82) is 0 Å². The molecule has 0 aliphatic carbocycles. The summed E-state index contributed by atoms with van der Waals surface area (Å²) in [6, 6.07) is 3.63. The summed E-state index contributed by atoms with van der Waals surface area (Å²) in [7, 11) is 0. The van der Waals surface area contributed by atoms with Crippen LogP contribution in [0, 0.1) is 0 Å². The Labute approximate surface area is 103 Å². The first-order valence-corrected chi connectivity index (χ1v) is 5.41. The summed E-state index contributed by atoms with van der Waals surface area (Å²) in [6.45, 7) is 2.18. The van der Waals surface area contributed by atoms with Gasteiger partial charge in [-0.05, 0) is 12.1 Å². The van der Waals surface area contributed by atoms with Crippen molar-refractivity contribution in [2.75, 3.05) is 5.73 Å². The van der Waals surface area contributed by atoms with E-state index in [1.54, 1.807) is 13.0 Å². The van der Waals surface area contributed by atoms with E-state index < -0.39 is 5.79 Å². The molecule has 1 aliphatic rings. The molecule has 0 bridgehead atoms. The lowest BCUT2D eigenvalue weighted by molar-refractivity contribution is -0.147. The molecule has 94 valence electrons. The first-order chi connectivity index (χ1) is 8.66. The Bertz CT molecular complexity index is 579. The van der Waals surface area contributed by atoms with Gasteiger partial charge in [0, 0.05) is 6.92 Å². The van der Waals surface area contributed by atoms with E-state index in [1.165, 1.54) is 23.5 Å². The molecule has 2 N–H and O–H groups in total. The van der Waals surface area contributed by atoms with Crippen LogP contribution in [0.25, 0.3) is 0 Å². The van der Waals surface area contributed by atoms with E-state index in [2.05, 4.69) is 10.2 Å². The smallest absolute Gasteiger partial charge is 0.306 e. The predicted molar refractivity (Wildman–Crippen MR) is 60.9 cm³/mol. The second-order valence-electron chi connectivity index (χ2n) is 4.02. The van der Waals surface area contributed by atoms with Crippen LogP contribution in [0.2, 0.25) is 0 Å². The molecule has 3 heterocycles.